The summed E-state index contributed by atoms with van der Waals surface area (Å²) in [5.41, 5.74) is 5.80. The second-order valence-corrected chi connectivity index (χ2v) is 13.5. The molecule has 0 unspecified atom stereocenters. The van der Waals surface area contributed by atoms with Crippen molar-refractivity contribution >= 4 is 113 Å². The topological polar surface area (TPSA) is 19.0 Å². The predicted molar refractivity (Wildman–Crippen MR) is 194 cm³/mol. The third-order valence-corrected chi connectivity index (χ3v) is 11.3. The summed E-state index contributed by atoms with van der Waals surface area (Å²) < 4.78 is 5.36. The van der Waals surface area contributed by atoms with Crippen molar-refractivity contribution in [3.05, 3.63) is 140 Å². The number of benzene rings is 7. The monoisotopic (exact) mass is 596 g/mol. The molecule has 0 spiro atoms. The quantitative estimate of drug-likeness (QED) is 0.215. The first-order valence-corrected chi connectivity index (χ1v) is 16.5. The lowest BCUT2D eigenvalue weighted by atomic mass is 9.96. The van der Waals surface area contributed by atoms with Gasteiger partial charge in [-0.15, -0.1) is 22.7 Å². The number of hydrogen-bond donors (Lipinski definition) is 1. The van der Waals surface area contributed by atoms with Gasteiger partial charge in [0.15, 0.2) is 0 Å². The normalized spacial score (nSPS) is 12.1. The first-order chi connectivity index (χ1) is 21.8. The van der Waals surface area contributed by atoms with Gasteiger partial charge in [0.1, 0.15) is 0 Å². The fraction of sp³-hybridized carbons (Fsp3) is 0. The molecule has 0 bridgehead atoms. The number of thiophene rings is 2. The van der Waals surface area contributed by atoms with Crippen LogP contribution in [0.4, 0.5) is 17.1 Å². The van der Waals surface area contributed by atoms with E-state index < -0.39 is 0 Å². The number of nitrogens with one attached hydrogen (secondary N) is 1. The van der Waals surface area contributed by atoms with Gasteiger partial charge in [0.05, 0.1) is 5.52 Å². The van der Waals surface area contributed by atoms with Gasteiger partial charge in [0.25, 0.3) is 0 Å². The Labute approximate surface area is 261 Å². The van der Waals surface area contributed by atoms with Gasteiger partial charge in [0.2, 0.25) is 0 Å². The van der Waals surface area contributed by atoms with Gasteiger partial charge in [-0.3, -0.25) is 0 Å². The van der Waals surface area contributed by atoms with E-state index in [9.17, 15) is 0 Å². The molecule has 0 fully saturated rings. The molecule has 10 rings (SSSR count). The molecular weight excluding hydrogens is 573 g/mol. The summed E-state index contributed by atoms with van der Waals surface area (Å²) in [7, 11) is 0. The van der Waals surface area contributed by atoms with Crippen LogP contribution in [0.25, 0.3) is 72.9 Å². The molecule has 0 saturated carbocycles. The zero-order valence-corrected chi connectivity index (χ0v) is 25.2. The second kappa shape index (κ2) is 9.17. The third kappa shape index (κ3) is 3.35. The van der Waals surface area contributed by atoms with E-state index in [2.05, 4.69) is 149 Å². The highest BCUT2D eigenvalue weighted by molar-refractivity contribution is 7.27. The number of rotatable bonds is 3. The number of aromatic nitrogens is 1. The van der Waals surface area contributed by atoms with Crippen LogP contribution in [0.2, 0.25) is 0 Å². The van der Waals surface area contributed by atoms with E-state index in [1.807, 2.05) is 22.7 Å². The number of para-hydroxylation sites is 2. The highest BCUT2D eigenvalue weighted by Crippen LogP contribution is 2.50. The maximum absolute atomic E-state index is 3.90. The third-order valence-electron chi connectivity index (χ3n) is 8.95. The van der Waals surface area contributed by atoms with E-state index in [0.717, 1.165) is 22.6 Å². The summed E-state index contributed by atoms with van der Waals surface area (Å²) in [6.07, 6.45) is 0. The molecule has 206 valence electrons. The number of anilines is 3. The number of H-pyrrole nitrogens is 1. The first kappa shape index (κ1) is 24.3. The van der Waals surface area contributed by atoms with Crippen LogP contribution in [0.5, 0.6) is 0 Å². The van der Waals surface area contributed by atoms with Crippen molar-refractivity contribution in [2.24, 2.45) is 0 Å². The SMILES string of the molecule is c1ccc(N(c2ccccc2)c2ccc3[nH]c4c5ccc6sc7ccccc7c6c5c5c6ccccc6sc5c4c3c2)cc1. The summed E-state index contributed by atoms with van der Waals surface area (Å²) in [4.78, 5) is 6.25. The highest BCUT2D eigenvalue weighted by Gasteiger charge is 2.22. The van der Waals surface area contributed by atoms with E-state index in [0.29, 0.717) is 0 Å². The summed E-state index contributed by atoms with van der Waals surface area (Å²) in [5.74, 6) is 0. The van der Waals surface area contributed by atoms with Crippen LogP contribution in [0.3, 0.4) is 0 Å². The zero-order chi connectivity index (χ0) is 28.8. The molecule has 0 amide bonds. The fourth-order valence-electron chi connectivity index (χ4n) is 7.11. The van der Waals surface area contributed by atoms with E-state index >= 15 is 0 Å². The standard InChI is InChI=1S/C40H24N2S2/c1-3-11-24(12-4-1)42(25-13-5-2-6-14-25)26-19-21-31-30(23-26)38-39(41-31)29-20-22-34-35(27-15-7-9-17-32(27)43-34)36(29)37-28-16-8-10-18-33(28)44-40(37)38/h1-23,41H. The van der Waals surface area contributed by atoms with Crippen molar-refractivity contribution in [2.75, 3.05) is 4.90 Å². The Hall–Kier alpha value is -5.16. The minimum atomic E-state index is 1.14. The molecule has 44 heavy (non-hydrogen) atoms. The Balaban J connectivity index is 1.37. The number of nitrogens with zero attached hydrogens (tertiary/aromatic N) is 1. The highest BCUT2D eigenvalue weighted by atomic mass is 32.1. The first-order valence-electron chi connectivity index (χ1n) is 14.9. The molecular formula is C40H24N2S2. The Morgan fingerprint density at radius 3 is 1.77 bits per heavy atom. The molecule has 2 nitrogen and oxygen atoms in total. The van der Waals surface area contributed by atoms with Gasteiger partial charge in [-0.25, -0.2) is 0 Å². The minimum absolute atomic E-state index is 1.14. The van der Waals surface area contributed by atoms with Crippen LogP contribution >= 0.6 is 22.7 Å². The molecule has 4 heteroatoms. The zero-order valence-electron chi connectivity index (χ0n) is 23.5. The number of hydrogen-bond acceptors (Lipinski definition) is 3. The molecule has 7 aromatic carbocycles. The van der Waals surface area contributed by atoms with Crippen LogP contribution in [-0.2, 0) is 0 Å². The molecule has 10 aromatic rings. The van der Waals surface area contributed by atoms with Crippen molar-refractivity contribution in [1.82, 2.24) is 4.98 Å². The lowest BCUT2D eigenvalue weighted by Gasteiger charge is -2.25. The van der Waals surface area contributed by atoms with Gasteiger partial charge in [-0.05, 0) is 60.7 Å². The average Bonchev–Trinajstić information content (AvgIpc) is 3.77. The Morgan fingerprint density at radius 2 is 1.05 bits per heavy atom. The number of fused-ring (bicyclic) bond motifs is 14. The molecule has 1 N–H and O–H groups in total. The lowest BCUT2D eigenvalue weighted by Crippen LogP contribution is -2.09. The summed E-state index contributed by atoms with van der Waals surface area (Å²) >= 11 is 3.81. The van der Waals surface area contributed by atoms with Crippen molar-refractivity contribution in [1.29, 1.82) is 0 Å². The van der Waals surface area contributed by atoms with Crippen LogP contribution in [-0.4, -0.2) is 4.98 Å². The summed E-state index contributed by atoms with van der Waals surface area (Å²) in [5, 5.41) is 10.6. The molecule has 0 atom stereocenters. The Kier molecular flexibility index (Phi) is 5.06. The lowest BCUT2D eigenvalue weighted by molar-refractivity contribution is 1.29. The molecule has 0 aliphatic carbocycles. The Morgan fingerprint density at radius 1 is 0.409 bits per heavy atom. The van der Waals surface area contributed by atoms with Crippen molar-refractivity contribution in [3.63, 3.8) is 0 Å². The van der Waals surface area contributed by atoms with Crippen LogP contribution in [0.1, 0.15) is 0 Å². The Bertz CT molecular complexity index is 2680. The largest absolute Gasteiger partial charge is 0.354 e. The van der Waals surface area contributed by atoms with E-state index in [1.165, 1.54) is 67.4 Å². The van der Waals surface area contributed by atoms with Crippen molar-refractivity contribution in [2.45, 2.75) is 0 Å². The van der Waals surface area contributed by atoms with Gasteiger partial charge in [0, 0.05) is 84.5 Å². The van der Waals surface area contributed by atoms with Crippen molar-refractivity contribution < 1.29 is 0 Å². The van der Waals surface area contributed by atoms with E-state index in [4.69, 9.17) is 0 Å². The molecule has 0 radical (unpaired) electrons. The maximum Gasteiger partial charge on any atom is 0.0559 e. The van der Waals surface area contributed by atoms with Gasteiger partial charge < -0.3 is 9.88 Å². The van der Waals surface area contributed by atoms with Crippen molar-refractivity contribution in [3.8, 4) is 0 Å². The van der Waals surface area contributed by atoms with E-state index in [1.54, 1.807) is 0 Å². The van der Waals surface area contributed by atoms with Crippen LogP contribution < -0.4 is 4.90 Å². The molecule has 0 saturated heterocycles. The fourth-order valence-corrected chi connectivity index (χ4v) is 9.50. The average molecular weight is 597 g/mol. The van der Waals surface area contributed by atoms with Crippen LogP contribution in [0, 0.1) is 0 Å². The summed E-state index contributed by atoms with van der Waals surface area (Å²) in [6, 6.07) is 50.6. The molecule has 0 aliphatic rings. The molecule has 0 aliphatic heterocycles. The predicted octanol–water partition coefficient (Wildman–Crippen LogP) is 12.7. The van der Waals surface area contributed by atoms with Crippen LogP contribution in [0.15, 0.2) is 140 Å². The number of aromatic amines is 1. The van der Waals surface area contributed by atoms with Gasteiger partial charge in [-0.1, -0.05) is 78.9 Å². The van der Waals surface area contributed by atoms with E-state index in [-0.39, 0.29) is 0 Å². The molecule has 3 heterocycles. The minimum Gasteiger partial charge on any atom is -0.354 e. The smallest absolute Gasteiger partial charge is 0.0559 e. The van der Waals surface area contributed by atoms with Gasteiger partial charge >= 0.3 is 0 Å². The second-order valence-electron chi connectivity index (χ2n) is 11.4. The summed E-state index contributed by atoms with van der Waals surface area (Å²) in [6.45, 7) is 0. The van der Waals surface area contributed by atoms with Gasteiger partial charge in [-0.2, -0.15) is 0 Å². The maximum atomic E-state index is 3.90. The molecule has 3 aromatic heterocycles.